The van der Waals surface area contributed by atoms with Gasteiger partial charge < -0.3 is 5.73 Å². The largest absolute Gasteiger partial charge is 0.398 e. The summed E-state index contributed by atoms with van der Waals surface area (Å²) in [6.45, 7) is 0. The molecular weight excluding hydrogens is 254 g/mol. The average molecular weight is 273 g/mol. The van der Waals surface area contributed by atoms with E-state index in [0.717, 1.165) is 18.5 Å². The van der Waals surface area contributed by atoms with Gasteiger partial charge in [-0.2, -0.15) is 0 Å². The van der Waals surface area contributed by atoms with Crippen LogP contribution in [0.25, 0.3) is 0 Å². The van der Waals surface area contributed by atoms with Crippen molar-refractivity contribution in [2.75, 3.05) is 5.73 Å². The molecule has 3 aromatic rings. The lowest BCUT2D eigenvalue weighted by Crippen LogP contribution is -2.01. The van der Waals surface area contributed by atoms with Crippen LogP contribution in [0.3, 0.4) is 0 Å². The molecule has 0 aliphatic carbocycles. The summed E-state index contributed by atoms with van der Waals surface area (Å²) in [7, 11) is 0. The van der Waals surface area contributed by atoms with E-state index in [4.69, 9.17) is 5.73 Å². The molecule has 0 bridgehead atoms. The van der Waals surface area contributed by atoms with Gasteiger partial charge in [-0.3, -0.25) is 0 Å². The summed E-state index contributed by atoms with van der Waals surface area (Å²) in [6, 6.07) is 27.3. The van der Waals surface area contributed by atoms with E-state index in [1.807, 2.05) is 12.1 Å². The number of hydrogen-bond acceptors (Lipinski definition) is 1. The maximum Gasteiger partial charge on any atom is 0.0385 e. The number of hydrogen-bond donors (Lipinski definition) is 1. The molecule has 0 amide bonds. The fraction of sp³-hybridized carbons (Fsp3) is 0.100. The lowest BCUT2D eigenvalue weighted by atomic mass is 9.97. The Morgan fingerprint density at radius 1 is 0.524 bits per heavy atom. The van der Waals surface area contributed by atoms with Crippen molar-refractivity contribution in [1.82, 2.24) is 0 Å². The highest BCUT2D eigenvalue weighted by Crippen LogP contribution is 2.23. The molecule has 3 rings (SSSR count). The summed E-state index contributed by atoms with van der Waals surface area (Å²) >= 11 is 0. The van der Waals surface area contributed by atoms with Gasteiger partial charge in [0.15, 0.2) is 0 Å². The van der Waals surface area contributed by atoms with E-state index >= 15 is 0 Å². The van der Waals surface area contributed by atoms with E-state index in [0.29, 0.717) is 0 Å². The Kier molecular flexibility index (Phi) is 4.02. The normalized spacial score (nSPS) is 10.5. The summed E-state index contributed by atoms with van der Waals surface area (Å²) in [5.74, 6) is 0. The summed E-state index contributed by atoms with van der Waals surface area (Å²) < 4.78 is 0. The van der Waals surface area contributed by atoms with Crippen LogP contribution in [0.15, 0.2) is 78.9 Å². The number of nitrogens with two attached hydrogens (primary N) is 1. The summed E-state index contributed by atoms with van der Waals surface area (Å²) in [6.07, 6.45) is 1.77. The summed E-state index contributed by atoms with van der Waals surface area (Å²) in [5, 5.41) is 0. The van der Waals surface area contributed by atoms with Gasteiger partial charge in [0.05, 0.1) is 0 Å². The Morgan fingerprint density at radius 2 is 0.952 bits per heavy atom. The molecule has 0 aliphatic heterocycles. The van der Waals surface area contributed by atoms with Crippen LogP contribution in [0.2, 0.25) is 0 Å². The van der Waals surface area contributed by atoms with E-state index in [-0.39, 0.29) is 0 Å². The smallest absolute Gasteiger partial charge is 0.0385 e. The predicted octanol–water partition coefficient (Wildman–Crippen LogP) is 4.45. The van der Waals surface area contributed by atoms with E-state index in [9.17, 15) is 0 Å². The molecule has 0 saturated heterocycles. The molecule has 0 saturated carbocycles. The van der Waals surface area contributed by atoms with Crippen molar-refractivity contribution in [2.24, 2.45) is 0 Å². The van der Waals surface area contributed by atoms with Gasteiger partial charge in [0.1, 0.15) is 0 Å². The standard InChI is InChI=1S/C20H19N/c21-20-18(14-16-8-3-1-4-9-16)12-7-13-19(20)15-17-10-5-2-6-11-17/h1-13H,14-15,21H2. The zero-order valence-electron chi connectivity index (χ0n) is 12.0. The minimum atomic E-state index is 0.884. The molecule has 1 nitrogen and oxygen atoms in total. The maximum atomic E-state index is 6.38. The third kappa shape index (κ3) is 3.32. The third-order valence-electron chi connectivity index (χ3n) is 3.76. The second-order valence-electron chi connectivity index (χ2n) is 5.31. The van der Waals surface area contributed by atoms with Gasteiger partial charge in [-0.1, -0.05) is 78.9 Å². The van der Waals surface area contributed by atoms with Crippen LogP contribution >= 0.6 is 0 Å². The van der Waals surface area contributed by atoms with Crippen LogP contribution in [0.5, 0.6) is 0 Å². The van der Waals surface area contributed by atoms with Crippen LogP contribution in [-0.2, 0) is 12.8 Å². The van der Waals surface area contributed by atoms with Crippen LogP contribution in [0, 0.1) is 0 Å². The number of anilines is 1. The minimum Gasteiger partial charge on any atom is -0.398 e. The number of benzene rings is 3. The van der Waals surface area contributed by atoms with Gasteiger partial charge in [-0.25, -0.2) is 0 Å². The zero-order valence-corrected chi connectivity index (χ0v) is 12.0. The molecule has 0 fully saturated rings. The van der Waals surface area contributed by atoms with Gasteiger partial charge in [-0.05, 0) is 35.1 Å². The molecule has 0 aromatic heterocycles. The molecule has 21 heavy (non-hydrogen) atoms. The van der Waals surface area contributed by atoms with Crippen molar-refractivity contribution < 1.29 is 0 Å². The van der Waals surface area contributed by atoms with Gasteiger partial charge in [0.2, 0.25) is 0 Å². The maximum absolute atomic E-state index is 6.38. The SMILES string of the molecule is Nc1c(Cc2ccccc2)cccc1Cc1ccccc1. The summed E-state index contributed by atoms with van der Waals surface area (Å²) in [5.41, 5.74) is 12.3. The molecule has 3 aromatic carbocycles. The Balaban J connectivity index is 1.85. The fourth-order valence-electron chi connectivity index (χ4n) is 2.61. The van der Waals surface area contributed by atoms with Crippen LogP contribution < -0.4 is 5.73 Å². The molecule has 0 heterocycles. The van der Waals surface area contributed by atoms with Crippen molar-refractivity contribution in [3.8, 4) is 0 Å². The first kappa shape index (κ1) is 13.4. The third-order valence-corrected chi connectivity index (χ3v) is 3.76. The first-order chi connectivity index (χ1) is 10.3. The second-order valence-corrected chi connectivity index (χ2v) is 5.31. The van der Waals surface area contributed by atoms with Crippen molar-refractivity contribution in [3.05, 3.63) is 101 Å². The highest BCUT2D eigenvalue weighted by Gasteiger charge is 2.06. The molecule has 0 aliphatic rings. The monoisotopic (exact) mass is 273 g/mol. The Hall–Kier alpha value is -2.54. The molecular formula is C20H19N. The average Bonchev–Trinajstić information content (AvgIpc) is 2.53. The molecule has 1 heteroatoms. The number of rotatable bonds is 4. The van der Waals surface area contributed by atoms with Gasteiger partial charge >= 0.3 is 0 Å². The Bertz CT molecular complexity index is 643. The van der Waals surface area contributed by atoms with Gasteiger partial charge in [0.25, 0.3) is 0 Å². The van der Waals surface area contributed by atoms with Gasteiger partial charge in [0, 0.05) is 5.69 Å². The first-order valence-electron chi connectivity index (χ1n) is 7.27. The van der Waals surface area contributed by atoms with Crippen LogP contribution in [-0.4, -0.2) is 0 Å². The Morgan fingerprint density at radius 3 is 1.38 bits per heavy atom. The van der Waals surface area contributed by atoms with Crippen molar-refractivity contribution in [2.45, 2.75) is 12.8 Å². The fourth-order valence-corrected chi connectivity index (χ4v) is 2.61. The van der Waals surface area contributed by atoms with E-state index in [2.05, 4.69) is 66.7 Å². The molecule has 0 spiro atoms. The highest BCUT2D eigenvalue weighted by atomic mass is 14.6. The van der Waals surface area contributed by atoms with Crippen molar-refractivity contribution in [1.29, 1.82) is 0 Å². The molecule has 0 radical (unpaired) electrons. The first-order valence-corrected chi connectivity index (χ1v) is 7.27. The quantitative estimate of drug-likeness (QED) is 0.698. The van der Waals surface area contributed by atoms with E-state index < -0.39 is 0 Å². The highest BCUT2D eigenvalue weighted by molar-refractivity contribution is 5.56. The van der Waals surface area contributed by atoms with Gasteiger partial charge in [-0.15, -0.1) is 0 Å². The van der Waals surface area contributed by atoms with Crippen LogP contribution in [0.1, 0.15) is 22.3 Å². The number of nitrogen functional groups attached to an aromatic ring is 1. The van der Waals surface area contributed by atoms with Crippen LogP contribution in [0.4, 0.5) is 5.69 Å². The molecule has 0 atom stereocenters. The predicted molar refractivity (Wildman–Crippen MR) is 89.4 cm³/mol. The topological polar surface area (TPSA) is 26.0 Å². The molecule has 2 N–H and O–H groups in total. The van der Waals surface area contributed by atoms with Crippen molar-refractivity contribution >= 4 is 5.69 Å². The second kappa shape index (κ2) is 6.27. The van der Waals surface area contributed by atoms with E-state index in [1.165, 1.54) is 22.3 Å². The molecule has 0 unspecified atom stereocenters. The van der Waals surface area contributed by atoms with E-state index in [1.54, 1.807) is 0 Å². The van der Waals surface area contributed by atoms with Crippen molar-refractivity contribution in [3.63, 3.8) is 0 Å². The number of para-hydroxylation sites is 1. The minimum absolute atomic E-state index is 0.884. The summed E-state index contributed by atoms with van der Waals surface area (Å²) in [4.78, 5) is 0. The lowest BCUT2D eigenvalue weighted by Gasteiger charge is -2.11. The molecule has 104 valence electrons. The zero-order chi connectivity index (χ0) is 14.5. The lowest BCUT2D eigenvalue weighted by molar-refractivity contribution is 1.15. The Labute approximate surface area is 126 Å².